The van der Waals surface area contributed by atoms with Gasteiger partial charge in [-0.2, -0.15) is 0 Å². The zero-order valence-corrected chi connectivity index (χ0v) is 24.6. The number of esters is 1. The Bertz CT molecular complexity index is 1590. The molecule has 1 aromatic heterocycles. The minimum Gasteiger partial charge on any atom is -0.507 e. The Kier molecular flexibility index (Phi) is 6.80. The van der Waals surface area contributed by atoms with Crippen molar-refractivity contribution in [3.05, 3.63) is 51.4 Å². The Morgan fingerprint density at radius 2 is 1.85 bits per heavy atom. The van der Waals surface area contributed by atoms with Crippen molar-refractivity contribution >= 4 is 16.9 Å². The Balaban J connectivity index is 1.54. The number of aryl methyl sites for hydroxylation is 1. The summed E-state index contributed by atoms with van der Waals surface area (Å²) in [6.07, 6.45) is 3.87. The molecule has 2 atom stereocenters. The van der Waals surface area contributed by atoms with Crippen molar-refractivity contribution in [2.75, 3.05) is 26.4 Å². The van der Waals surface area contributed by atoms with E-state index in [1.807, 2.05) is 6.92 Å². The molecule has 0 spiro atoms. The molecule has 0 amide bonds. The summed E-state index contributed by atoms with van der Waals surface area (Å²) < 4.78 is 23.1. The Morgan fingerprint density at radius 3 is 2.59 bits per heavy atom. The van der Waals surface area contributed by atoms with Gasteiger partial charge in [-0.05, 0) is 72.8 Å². The van der Waals surface area contributed by atoms with Gasteiger partial charge in [-0.3, -0.25) is 9.69 Å². The van der Waals surface area contributed by atoms with Crippen LogP contribution in [0.15, 0.2) is 33.5 Å². The molecular formula is C33H39NO7. The van der Waals surface area contributed by atoms with E-state index in [1.54, 1.807) is 31.2 Å². The van der Waals surface area contributed by atoms with Crippen molar-refractivity contribution in [1.29, 1.82) is 0 Å². The molecule has 6 rings (SSSR count). The molecule has 1 aliphatic carbocycles. The average molecular weight is 562 g/mol. The van der Waals surface area contributed by atoms with E-state index in [1.165, 1.54) is 0 Å². The fourth-order valence-corrected chi connectivity index (χ4v) is 7.63. The number of rotatable bonds is 6. The van der Waals surface area contributed by atoms with Crippen molar-refractivity contribution in [2.24, 2.45) is 10.8 Å². The molecule has 218 valence electrons. The number of nitrogens with zero attached hydrogens (tertiary/aromatic N) is 1. The van der Waals surface area contributed by atoms with Gasteiger partial charge < -0.3 is 23.7 Å². The van der Waals surface area contributed by atoms with Crippen LogP contribution < -0.4 is 14.9 Å². The van der Waals surface area contributed by atoms with E-state index in [0.717, 1.165) is 25.8 Å². The number of phenols is 1. The van der Waals surface area contributed by atoms with Crippen LogP contribution in [0.4, 0.5) is 0 Å². The largest absolute Gasteiger partial charge is 0.507 e. The summed E-state index contributed by atoms with van der Waals surface area (Å²) in [5, 5.41) is 11.8. The maximum absolute atomic E-state index is 14.3. The van der Waals surface area contributed by atoms with Crippen LogP contribution in [0, 0.1) is 10.8 Å². The van der Waals surface area contributed by atoms with Gasteiger partial charge in [0, 0.05) is 19.1 Å². The summed E-state index contributed by atoms with van der Waals surface area (Å²) in [4.78, 5) is 30.0. The first-order chi connectivity index (χ1) is 19.5. The van der Waals surface area contributed by atoms with Gasteiger partial charge in [0.2, 0.25) is 11.2 Å². The molecule has 2 bridgehead atoms. The summed E-state index contributed by atoms with van der Waals surface area (Å²) in [6, 6.07) is 7.23. The molecule has 1 N–H and O–H groups in total. The molecule has 2 fully saturated rings. The number of phenolic OH excluding ortho intramolecular Hbond substituents is 1. The van der Waals surface area contributed by atoms with Crippen molar-refractivity contribution in [1.82, 2.24) is 4.90 Å². The predicted octanol–water partition coefficient (Wildman–Crippen LogP) is 6.08. The van der Waals surface area contributed by atoms with Gasteiger partial charge in [0.25, 0.3) is 0 Å². The number of ether oxygens (including phenoxy) is 3. The van der Waals surface area contributed by atoms with E-state index in [2.05, 4.69) is 25.7 Å². The lowest BCUT2D eigenvalue weighted by atomic mass is 9.65. The third-order valence-corrected chi connectivity index (χ3v) is 8.89. The maximum atomic E-state index is 14.3. The summed E-state index contributed by atoms with van der Waals surface area (Å²) in [5.41, 5.74) is 2.12. The molecule has 8 heteroatoms. The maximum Gasteiger partial charge on any atom is 0.375 e. The minimum absolute atomic E-state index is 0.109. The standard InChI is InChI=1S/C33H39NO7/c1-6-19-12-22-28(36)26(20-8-9-24-25(13-20)40-11-10-39-24)30(31(37)38-7-2)41-29(22)23(27(19)35)16-34-18-33(5)15-21(34)14-32(3,4)17-33/h8-9,12-13,21,35H,6-7,10-11,14-18H2,1-5H3/t21-,33-/m0/s1. The fraction of sp³-hybridized carbons (Fsp3) is 0.515. The van der Waals surface area contributed by atoms with Gasteiger partial charge in [0.1, 0.15) is 24.5 Å². The van der Waals surface area contributed by atoms with Crippen LogP contribution in [0.25, 0.3) is 22.1 Å². The van der Waals surface area contributed by atoms with Crippen molar-refractivity contribution in [2.45, 2.75) is 72.9 Å². The van der Waals surface area contributed by atoms with E-state index < -0.39 is 5.97 Å². The number of benzene rings is 2. The molecule has 2 aromatic carbocycles. The van der Waals surface area contributed by atoms with Gasteiger partial charge in [-0.1, -0.05) is 33.8 Å². The van der Waals surface area contributed by atoms with Gasteiger partial charge >= 0.3 is 5.97 Å². The molecule has 0 radical (unpaired) electrons. The summed E-state index contributed by atoms with van der Waals surface area (Å²) in [6.45, 7) is 13.0. The van der Waals surface area contributed by atoms with Crippen LogP contribution in [0.1, 0.15) is 75.6 Å². The number of carbonyl (C=O) groups is 1. The molecule has 41 heavy (non-hydrogen) atoms. The Hall–Kier alpha value is -3.52. The highest BCUT2D eigenvalue weighted by atomic mass is 16.6. The lowest BCUT2D eigenvalue weighted by Gasteiger charge is -2.40. The second-order valence-electron chi connectivity index (χ2n) is 12.9. The molecule has 1 saturated carbocycles. The van der Waals surface area contributed by atoms with Crippen molar-refractivity contribution in [3.8, 4) is 28.4 Å². The number of fused-ring (bicyclic) bond motifs is 4. The first kappa shape index (κ1) is 27.6. The first-order valence-corrected chi connectivity index (χ1v) is 14.7. The number of hydrogen-bond donors (Lipinski definition) is 1. The molecule has 8 nitrogen and oxygen atoms in total. The molecular weight excluding hydrogens is 522 g/mol. The van der Waals surface area contributed by atoms with Crippen LogP contribution in [0.3, 0.4) is 0 Å². The minimum atomic E-state index is -0.729. The molecule has 2 aliphatic heterocycles. The summed E-state index contributed by atoms with van der Waals surface area (Å²) in [7, 11) is 0. The molecule has 1 saturated heterocycles. The molecule has 3 heterocycles. The van der Waals surface area contributed by atoms with Gasteiger partial charge in [0.15, 0.2) is 11.5 Å². The lowest BCUT2D eigenvalue weighted by Crippen LogP contribution is -2.34. The highest BCUT2D eigenvalue weighted by Gasteiger charge is 2.49. The number of likely N-dealkylation sites (tertiary alicyclic amines) is 1. The van der Waals surface area contributed by atoms with E-state index in [0.29, 0.717) is 65.8 Å². The normalized spacial score (nSPS) is 23.1. The van der Waals surface area contributed by atoms with Crippen LogP contribution in [-0.2, 0) is 17.7 Å². The summed E-state index contributed by atoms with van der Waals surface area (Å²) >= 11 is 0. The Labute approximate surface area is 240 Å². The smallest absolute Gasteiger partial charge is 0.375 e. The second-order valence-corrected chi connectivity index (χ2v) is 12.9. The van der Waals surface area contributed by atoms with Crippen LogP contribution in [0.2, 0.25) is 0 Å². The van der Waals surface area contributed by atoms with Gasteiger partial charge in [-0.25, -0.2) is 4.79 Å². The number of carbonyl (C=O) groups excluding carboxylic acids is 1. The number of aromatic hydroxyl groups is 1. The first-order valence-electron chi connectivity index (χ1n) is 14.7. The topological polar surface area (TPSA) is 98.4 Å². The van der Waals surface area contributed by atoms with Crippen LogP contribution >= 0.6 is 0 Å². The average Bonchev–Trinajstić information content (AvgIpc) is 3.17. The molecule has 3 aliphatic rings. The second kappa shape index (κ2) is 10.1. The number of hydrogen-bond acceptors (Lipinski definition) is 8. The molecule has 0 unspecified atom stereocenters. The third-order valence-electron chi connectivity index (χ3n) is 8.89. The quantitative estimate of drug-likeness (QED) is 0.362. The zero-order chi connectivity index (χ0) is 29.1. The van der Waals surface area contributed by atoms with E-state index in [-0.39, 0.29) is 45.5 Å². The highest BCUT2D eigenvalue weighted by Crippen LogP contribution is 2.53. The van der Waals surface area contributed by atoms with Crippen LogP contribution in [0.5, 0.6) is 17.2 Å². The van der Waals surface area contributed by atoms with Crippen LogP contribution in [-0.4, -0.2) is 48.4 Å². The van der Waals surface area contributed by atoms with Gasteiger partial charge in [-0.15, -0.1) is 0 Å². The van der Waals surface area contributed by atoms with Crippen molar-refractivity contribution in [3.63, 3.8) is 0 Å². The third kappa shape index (κ3) is 4.86. The SMILES string of the molecule is CCOC(=O)c1oc2c(CN3C[C@@]4(C)C[C@@H]3CC(C)(C)C4)c(O)c(CC)cc2c(=O)c1-c1ccc2c(c1)OCCO2. The Morgan fingerprint density at radius 1 is 1.10 bits per heavy atom. The van der Waals surface area contributed by atoms with E-state index in [4.69, 9.17) is 18.6 Å². The molecule has 3 aromatic rings. The monoisotopic (exact) mass is 561 g/mol. The fourth-order valence-electron chi connectivity index (χ4n) is 7.63. The van der Waals surface area contributed by atoms with Crippen molar-refractivity contribution < 1.29 is 28.5 Å². The predicted molar refractivity (Wildman–Crippen MR) is 156 cm³/mol. The lowest BCUT2D eigenvalue weighted by molar-refractivity contribution is 0.0491. The summed E-state index contributed by atoms with van der Waals surface area (Å²) in [5.74, 6) is 0.291. The van der Waals surface area contributed by atoms with E-state index >= 15 is 0 Å². The highest BCUT2D eigenvalue weighted by molar-refractivity contribution is 5.99. The van der Waals surface area contributed by atoms with Gasteiger partial charge in [0.05, 0.1) is 23.1 Å². The van der Waals surface area contributed by atoms with E-state index in [9.17, 15) is 14.7 Å². The zero-order valence-electron chi connectivity index (χ0n) is 24.6.